The molecule has 0 spiro atoms. The molecule has 0 N–H and O–H groups in total. The van der Waals surface area contributed by atoms with Gasteiger partial charge in [-0.1, -0.05) is 54.6 Å². The number of halogens is 1. The van der Waals surface area contributed by atoms with E-state index in [2.05, 4.69) is 5.10 Å². The predicted molar refractivity (Wildman–Crippen MR) is 141 cm³/mol. The van der Waals surface area contributed by atoms with Gasteiger partial charge in [0.15, 0.2) is 5.76 Å². The van der Waals surface area contributed by atoms with Crippen LogP contribution in [-0.2, 0) is 6.61 Å². The molecule has 0 saturated heterocycles. The lowest BCUT2D eigenvalue weighted by Crippen LogP contribution is -2.20. The zero-order valence-electron chi connectivity index (χ0n) is 19.5. The highest BCUT2D eigenvalue weighted by atomic mass is 19.1. The molecule has 37 heavy (non-hydrogen) atoms. The van der Waals surface area contributed by atoms with Crippen LogP contribution >= 0.6 is 0 Å². The van der Waals surface area contributed by atoms with Crippen molar-refractivity contribution in [1.29, 1.82) is 0 Å². The van der Waals surface area contributed by atoms with E-state index < -0.39 is 0 Å². The first-order valence-corrected chi connectivity index (χ1v) is 11.7. The zero-order chi connectivity index (χ0) is 25.2. The van der Waals surface area contributed by atoms with Crippen LogP contribution in [0.2, 0.25) is 0 Å². The third-order valence-corrected chi connectivity index (χ3v) is 5.90. The van der Waals surface area contributed by atoms with Gasteiger partial charge in [-0.25, -0.2) is 9.37 Å². The topological polar surface area (TPSA) is 69.6 Å². The standard InChI is InChI=1S/C30H20FN3O3/c31-23-14-12-20(13-15-23)19-36-24-8-5-6-21(16-24)18-32-34-29(28-17-22-7-1-4-11-27(22)37-28)33-26-10-3-2-9-25(26)30(34)35/h1-18H,19H2. The van der Waals surface area contributed by atoms with Gasteiger partial charge in [-0.3, -0.25) is 4.79 Å². The minimum atomic E-state index is -0.305. The van der Waals surface area contributed by atoms with E-state index in [4.69, 9.17) is 14.1 Å². The molecule has 0 bridgehead atoms. The van der Waals surface area contributed by atoms with Gasteiger partial charge in [0.25, 0.3) is 5.56 Å². The third kappa shape index (κ3) is 4.62. The van der Waals surface area contributed by atoms with Gasteiger partial charge in [0, 0.05) is 5.39 Å². The third-order valence-electron chi connectivity index (χ3n) is 5.90. The summed E-state index contributed by atoms with van der Waals surface area (Å²) in [5.41, 5.74) is 2.53. The Morgan fingerprint density at radius 3 is 2.59 bits per heavy atom. The van der Waals surface area contributed by atoms with E-state index in [1.807, 2.05) is 60.7 Å². The summed E-state index contributed by atoms with van der Waals surface area (Å²) < 4.78 is 26.3. The van der Waals surface area contributed by atoms with Crippen LogP contribution in [0.1, 0.15) is 11.1 Å². The van der Waals surface area contributed by atoms with E-state index in [0.29, 0.717) is 40.4 Å². The molecule has 6 rings (SSSR count). The maximum Gasteiger partial charge on any atom is 0.282 e. The maximum absolute atomic E-state index is 13.4. The normalized spacial score (nSPS) is 11.5. The molecule has 0 unspecified atom stereocenters. The van der Waals surface area contributed by atoms with E-state index in [9.17, 15) is 9.18 Å². The number of furan rings is 1. The first-order chi connectivity index (χ1) is 18.1. The highest BCUT2D eigenvalue weighted by Gasteiger charge is 2.16. The van der Waals surface area contributed by atoms with Crippen molar-refractivity contribution in [3.05, 3.63) is 130 Å². The second-order valence-electron chi connectivity index (χ2n) is 8.45. The van der Waals surface area contributed by atoms with Gasteiger partial charge in [-0.15, -0.1) is 0 Å². The highest BCUT2D eigenvalue weighted by molar-refractivity contribution is 5.84. The fraction of sp³-hybridized carbons (Fsp3) is 0.0333. The minimum absolute atomic E-state index is 0.289. The predicted octanol–water partition coefficient (Wildman–Crippen LogP) is 6.41. The molecule has 0 amide bonds. The van der Waals surface area contributed by atoms with Crippen molar-refractivity contribution in [2.75, 3.05) is 0 Å². The van der Waals surface area contributed by atoms with Gasteiger partial charge in [0.05, 0.1) is 17.1 Å². The van der Waals surface area contributed by atoms with E-state index in [-0.39, 0.29) is 11.4 Å². The number of aromatic nitrogens is 2. The Morgan fingerprint density at radius 2 is 1.73 bits per heavy atom. The van der Waals surface area contributed by atoms with Crippen LogP contribution in [0.25, 0.3) is 33.5 Å². The number of para-hydroxylation sites is 2. The summed E-state index contributed by atoms with van der Waals surface area (Å²) in [6.07, 6.45) is 1.58. The largest absolute Gasteiger partial charge is 0.489 e. The van der Waals surface area contributed by atoms with Crippen LogP contribution in [-0.4, -0.2) is 15.9 Å². The SMILES string of the molecule is O=c1c2ccccc2nc(-c2cc3ccccc3o2)n1N=Cc1cccc(OCc2ccc(F)cc2)c1. The highest BCUT2D eigenvalue weighted by Crippen LogP contribution is 2.27. The summed E-state index contributed by atoms with van der Waals surface area (Å²) in [5.74, 6) is 1.08. The molecule has 0 saturated carbocycles. The van der Waals surface area contributed by atoms with Crippen LogP contribution < -0.4 is 10.3 Å². The summed E-state index contributed by atoms with van der Waals surface area (Å²) in [7, 11) is 0. The monoisotopic (exact) mass is 489 g/mol. The lowest BCUT2D eigenvalue weighted by Gasteiger charge is -2.08. The number of ether oxygens (including phenoxy) is 1. The Balaban J connectivity index is 1.36. The smallest absolute Gasteiger partial charge is 0.282 e. The molecule has 2 heterocycles. The molecular weight excluding hydrogens is 469 g/mol. The number of benzene rings is 4. The fourth-order valence-electron chi connectivity index (χ4n) is 4.04. The van der Waals surface area contributed by atoms with Crippen molar-refractivity contribution in [3.63, 3.8) is 0 Å². The first kappa shape index (κ1) is 22.4. The minimum Gasteiger partial charge on any atom is -0.489 e. The van der Waals surface area contributed by atoms with Crippen LogP contribution in [0.3, 0.4) is 0 Å². The van der Waals surface area contributed by atoms with Gasteiger partial charge in [-0.2, -0.15) is 9.78 Å². The van der Waals surface area contributed by atoms with Crippen molar-refractivity contribution in [1.82, 2.24) is 9.66 Å². The molecule has 0 aliphatic heterocycles. The van der Waals surface area contributed by atoms with Crippen LogP contribution in [0, 0.1) is 5.82 Å². The quantitative estimate of drug-likeness (QED) is 0.254. The molecular formula is C30H20FN3O3. The van der Waals surface area contributed by atoms with Crippen LogP contribution in [0.15, 0.2) is 117 Å². The van der Waals surface area contributed by atoms with Crippen molar-refractivity contribution < 1.29 is 13.5 Å². The van der Waals surface area contributed by atoms with Gasteiger partial charge in [-0.05, 0) is 59.7 Å². The van der Waals surface area contributed by atoms with Crippen LogP contribution in [0.4, 0.5) is 4.39 Å². The fourth-order valence-corrected chi connectivity index (χ4v) is 4.04. The molecule has 0 atom stereocenters. The van der Waals surface area contributed by atoms with E-state index in [0.717, 1.165) is 16.5 Å². The molecule has 0 radical (unpaired) electrons. The Morgan fingerprint density at radius 1 is 0.919 bits per heavy atom. The lowest BCUT2D eigenvalue weighted by molar-refractivity contribution is 0.306. The van der Waals surface area contributed by atoms with E-state index in [1.54, 1.807) is 36.5 Å². The average Bonchev–Trinajstić information content (AvgIpc) is 3.37. The summed E-state index contributed by atoms with van der Waals surface area (Å²) in [5, 5.41) is 5.86. The van der Waals surface area contributed by atoms with Gasteiger partial charge >= 0.3 is 0 Å². The number of hydrogen-bond donors (Lipinski definition) is 0. The molecule has 2 aromatic heterocycles. The maximum atomic E-state index is 13.4. The summed E-state index contributed by atoms with van der Waals surface area (Å²) in [6.45, 7) is 0.297. The van der Waals surface area contributed by atoms with Crippen molar-refractivity contribution in [3.8, 4) is 17.3 Å². The number of nitrogens with zero attached hydrogens (tertiary/aromatic N) is 3. The van der Waals surface area contributed by atoms with Crippen molar-refractivity contribution in [2.24, 2.45) is 5.10 Å². The zero-order valence-corrected chi connectivity index (χ0v) is 19.5. The molecule has 0 aliphatic rings. The second kappa shape index (κ2) is 9.54. The number of hydrogen-bond acceptors (Lipinski definition) is 5. The average molecular weight is 490 g/mol. The number of fused-ring (bicyclic) bond motifs is 2. The van der Waals surface area contributed by atoms with Crippen molar-refractivity contribution in [2.45, 2.75) is 6.61 Å². The van der Waals surface area contributed by atoms with Crippen molar-refractivity contribution >= 4 is 28.1 Å². The lowest BCUT2D eigenvalue weighted by atomic mass is 10.2. The summed E-state index contributed by atoms with van der Waals surface area (Å²) in [4.78, 5) is 18.1. The van der Waals surface area contributed by atoms with E-state index in [1.165, 1.54) is 16.8 Å². The Bertz CT molecular complexity index is 1790. The van der Waals surface area contributed by atoms with Gasteiger partial charge in [0.2, 0.25) is 5.82 Å². The molecule has 0 aliphatic carbocycles. The van der Waals surface area contributed by atoms with Gasteiger partial charge in [0.1, 0.15) is 23.8 Å². The Labute approximate surface area is 210 Å². The van der Waals surface area contributed by atoms with Crippen LogP contribution in [0.5, 0.6) is 5.75 Å². The summed E-state index contributed by atoms with van der Waals surface area (Å²) >= 11 is 0. The number of rotatable bonds is 6. The summed E-state index contributed by atoms with van der Waals surface area (Å²) in [6, 6.07) is 30.1. The second-order valence-corrected chi connectivity index (χ2v) is 8.45. The molecule has 180 valence electrons. The molecule has 0 fully saturated rings. The molecule has 6 aromatic rings. The Kier molecular flexibility index (Phi) is 5.78. The first-order valence-electron chi connectivity index (χ1n) is 11.7. The van der Waals surface area contributed by atoms with Gasteiger partial charge < -0.3 is 9.15 Å². The molecule has 6 nitrogen and oxygen atoms in total. The molecule has 7 heteroatoms. The molecule has 4 aromatic carbocycles. The Hall–Kier alpha value is -5.04. The van der Waals surface area contributed by atoms with E-state index >= 15 is 0 Å².